The molecule has 7 nitrogen and oxygen atoms in total. The Bertz CT molecular complexity index is 1510. The van der Waals surface area contributed by atoms with Crippen molar-refractivity contribution in [3.05, 3.63) is 93.5 Å². The third-order valence-corrected chi connectivity index (χ3v) is 9.70. The van der Waals surface area contributed by atoms with Crippen molar-refractivity contribution < 1.29 is 18.0 Å². The lowest BCUT2D eigenvalue weighted by Gasteiger charge is -2.32. The normalized spacial score (nSPS) is 14.5. The second kappa shape index (κ2) is 13.3. The summed E-state index contributed by atoms with van der Waals surface area (Å²) in [7, 11) is -4.24. The van der Waals surface area contributed by atoms with Crippen molar-refractivity contribution in [2.75, 3.05) is 10.8 Å². The molecule has 0 aliphatic heterocycles. The van der Waals surface area contributed by atoms with Gasteiger partial charge in [0, 0.05) is 17.6 Å². The topological polar surface area (TPSA) is 86.8 Å². The standard InChI is InChI=1S/C31H35Cl2N3O4S/c1-21-11-14-27(15-12-21)41(39,40)36(29-18-25(32)13-16-28(29)33)20-30(37)35(19-24-8-6-7-22(2)17-24)23(3)31(38)34-26-9-4-5-10-26/h6-8,11-18,23,26H,4-5,9-10,19-20H2,1-3H3,(H,34,38)/t23-/m0/s1. The maximum absolute atomic E-state index is 14.1. The summed E-state index contributed by atoms with van der Waals surface area (Å²) in [5, 5.41) is 3.46. The predicted octanol–water partition coefficient (Wildman–Crippen LogP) is 6.28. The van der Waals surface area contributed by atoms with Crippen LogP contribution >= 0.6 is 23.2 Å². The highest BCUT2D eigenvalue weighted by Crippen LogP contribution is 2.33. The molecular formula is C31H35Cl2N3O4S. The highest BCUT2D eigenvalue weighted by Gasteiger charge is 2.34. The molecule has 10 heteroatoms. The monoisotopic (exact) mass is 615 g/mol. The molecule has 218 valence electrons. The van der Waals surface area contributed by atoms with Gasteiger partial charge >= 0.3 is 0 Å². The summed E-state index contributed by atoms with van der Waals surface area (Å²) in [5.41, 5.74) is 2.80. The Hall–Kier alpha value is -3.07. The summed E-state index contributed by atoms with van der Waals surface area (Å²) in [5.74, 6) is -0.820. The maximum atomic E-state index is 14.1. The summed E-state index contributed by atoms with van der Waals surface area (Å²) in [6.07, 6.45) is 3.91. The van der Waals surface area contributed by atoms with Gasteiger partial charge in [-0.15, -0.1) is 0 Å². The number of rotatable bonds is 10. The van der Waals surface area contributed by atoms with Crippen LogP contribution in [0.2, 0.25) is 10.0 Å². The van der Waals surface area contributed by atoms with Crippen LogP contribution < -0.4 is 9.62 Å². The number of carbonyl (C=O) groups excluding carboxylic acids is 2. The lowest BCUT2D eigenvalue weighted by atomic mass is 10.1. The van der Waals surface area contributed by atoms with Gasteiger partial charge in [-0.2, -0.15) is 0 Å². The minimum absolute atomic E-state index is 0.00389. The van der Waals surface area contributed by atoms with E-state index in [0.29, 0.717) is 0 Å². The zero-order valence-electron chi connectivity index (χ0n) is 23.4. The first-order chi connectivity index (χ1) is 19.5. The molecular weight excluding hydrogens is 581 g/mol. The molecule has 3 aromatic carbocycles. The van der Waals surface area contributed by atoms with E-state index in [2.05, 4.69) is 5.32 Å². The molecule has 0 bridgehead atoms. The molecule has 4 rings (SSSR count). The lowest BCUT2D eigenvalue weighted by molar-refractivity contribution is -0.139. The average Bonchev–Trinajstić information content (AvgIpc) is 3.44. The number of anilines is 1. The number of amides is 2. The number of sulfonamides is 1. The summed E-state index contributed by atoms with van der Waals surface area (Å²) >= 11 is 12.7. The number of aryl methyl sites for hydroxylation is 2. The minimum atomic E-state index is -4.24. The van der Waals surface area contributed by atoms with Crippen molar-refractivity contribution in [3.8, 4) is 0 Å². The van der Waals surface area contributed by atoms with Gasteiger partial charge in [0.15, 0.2) is 0 Å². The largest absolute Gasteiger partial charge is 0.352 e. The van der Waals surface area contributed by atoms with Gasteiger partial charge in [0.05, 0.1) is 15.6 Å². The van der Waals surface area contributed by atoms with Gasteiger partial charge in [0.25, 0.3) is 10.0 Å². The molecule has 41 heavy (non-hydrogen) atoms. The molecule has 1 saturated carbocycles. The van der Waals surface area contributed by atoms with Gasteiger partial charge in [-0.3, -0.25) is 13.9 Å². The van der Waals surface area contributed by atoms with Crippen LogP contribution in [0.3, 0.4) is 0 Å². The third kappa shape index (κ3) is 7.61. The molecule has 1 N–H and O–H groups in total. The van der Waals surface area contributed by atoms with Gasteiger partial charge in [-0.25, -0.2) is 8.42 Å². The van der Waals surface area contributed by atoms with Crippen LogP contribution in [-0.2, 0) is 26.2 Å². The second-order valence-corrected chi connectivity index (χ2v) is 13.3. The molecule has 2 amide bonds. The molecule has 1 fully saturated rings. The Morgan fingerprint density at radius 1 is 0.951 bits per heavy atom. The van der Waals surface area contributed by atoms with E-state index in [1.54, 1.807) is 25.1 Å². The van der Waals surface area contributed by atoms with E-state index < -0.39 is 28.5 Å². The molecule has 1 aliphatic carbocycles. The average molecular weight is 617 g/mol. The molecule has 1 aliphatic rings. The smallest absolute Gasteiger partial charge is 0.264 e. The highest BCUT2D eigenvalue weighted by molar-refractivity contribution is 7.92. The van der Waals surface area contributed by atoms with Crippen LogP contribution in [0.1, 0.15) is 49.3 Å². The zero-order chi connectivity index (χ0) is 29.7. The summed E-state index contributed by atoms with van der Waals surface area (Å²) in [6.45, 7) is 5.02. The third-order valence-electron chi connectivity index (χ3n) is 7.37. The molecule has 1 atom stereocenters. The molecule has 0 spiro atoms. The van der Waals surface area contributed by atoms with E-state index >= 15 is 0 Å². The van der Waals surface area contributed by atoms with Gasteiger partial charge < -0.3 is 10.2 Å². The van der Waals surface area contributed by atoms with Gasteiger partial charge in [0.1, 0.15) is 12.6 Å². The molecule has 0 radical (unpaired) electrons. The number of benzene rings is 3. The Labute approximate surface area is 252 Å². The summed E-state index contributed by atoms with van der Waals surface area (Å²) in [4.78, 5) is 28.9. The Morgan fingerprint density at radius 3 is 2.29 bits per heavy atom. The van der Waals surface area contributed by atoms with Crippen LogP contribution in [-0.4, -0.2) is 43.8 Å². The van der Waals surface area contributed by atoms with Crippen molar-refractivity contribution in [1.29, 1.82) is 0 Å². The van der Waals surface area contributed by atoms with E-state index in [1.807, 2.05) is 38.1 Å². The van der Waals surface area contributed by atoms with Gasteiger partial charge in [0.2, 0.25) is 11.8 Å². The Balaban J connectivity index is 1.72. The molecule has 0 saturated heterocycles. The quantitative estimate of drug-likeness (QED) is 0.291. The fourth-order valence-electron chi connectivity index (χ4n) is 5.01. The molecule has 0 unspecified atom stereocenters. The second-order valence-electron chi connectivity index (χ2n) is 10.6. The van der Waals surface area contributed by atoms with E-state index in [-0.39, 0.29) is 39.1 Å². The first-order valence-corrected chi connectivity index (χ1v) is 15.8. The zero-order valence-corrected chi connectivity index (χ0v) is 25.8. The lowest BCUT2D eigenvalue weighted by Crippen LogP contribution is -2.52. The van der Waals surface area contributed by atoms with Gasteiger partial charge in [-0.1, -0.05) is 83.6 Å². The number of hydrogen-bond donors (Lipinski definition) is 1. The van der Waals surface area contributed by atoms with E-state index in [9.17, 15) is 18.0 Å². The SMILES string of the molecule is Cc1ccc(S(=O)(=O)N(CC(=O)N(Cc2cccc(C)c2)[C@@H](C)C(=O)NC2CCCC2)c2cc(Cl)ccc2Cl)cc1. The van der Waals surface area contributed by atoms with Crippen molar-refractivity contribution in [2.45, 2.75) is 70.0 Å². The van der Waals surface area contributed by atoms with Crippen molar-refractivity contribution in [1.82, 2.24) is 10.2 Å². The van der Waals surface area contributed by atoms with E-state index in [4.69, 9.17) is 23.2 Å². The van der Waals surface area contributed by atoms with Gasteiger partial charge in [-0.05, 0) is 69.5 Å². The maximum Gasteiger partial charge on any atom is 0.264 e. The first-order valence-electron chi connectivity index (χ1n) is 13.7. The fourth-order valence-corrected chi connectivity index (χ4v) is 6.87. The van der Waals surface area contributed by atoms with Crippen molar-refractivity contribution in [2.24, 2.45) is 0 Å². The number of hydrogen-bond acceptors (Lipinski definition) is 4. The van der Waals surface area contributed by atoms with Crippen LogP contribution in [0.15, 0.2) is 71.6 Å². The van der Waals surface area contributed by atoms with Crippen LogP contribution in [0.5, 0.6) is 0 Å². The predicted molar refractivity (Wildman–Crippen MR) is 164 cm³/mol. The van der Waals surface area contributed by atoms with E-state index in [0.717, 1.165) is 46.7 Å². The Morgan fingerprint density at radius 2 is 1.63 bits per heavy atom. The van der Waals surface area contributed by atoms with Crippen LogP contribution in [0, 0.1) is 13.8 Å². The minimum Gasteiger partial charge on any atom is -0.352 e. The number of halogens is 2. The number of carbonyl (C=O) groups is 2. The molecule has 0 heterocycles. The fraction of sp³-hybridized carbons (Fsp3) is 0.355. The van der Waals surface area contributed by atoms with Crippen molar-refractivity contribution in [3.63, 3.8) is 0 Å². The number of nitrogens with one attached hydrogen (secondary N) is 1. The summed E-state index contributed by atoms with van der Waals surface area (Å²) in [6, 6.07) is 17.7. The summed E-state index contributed by atoms with van der Waals surface area (Å²) < 4.78 is 28.9. The van der Waals surface area contributed by atoms with Crippen LogP contribution in [0.25, 0.3) is 0 Å². The Kier molecular flexibility index (Phi) is 10.00. The number of nitrogens with zero attached hydrogens (tertiary/aromatic N) is 2. The highest BCUT2D eigenvalue weighted by atomic mass is 35.5. The van der Waals surface area contributed by atoms with Crippen molar-refractivity contribution >= 4 is 50.7 Å². The molecule has 3 aromatic rings. The van der Waals surface area contributed by atoms with E-state index in [1.165, 1.54) is 29.2 Å². The molecule has 0 aromatic heterocycles. The van der Waals surface area contributed by atoms with Crippen LogP contribution in [0.4, 0.5) is 5.69 Å². The first kappa shape index (κ1) is 30.9.